The smallest absolute Gasteiger partial charge is 0.0868 e. The number of nitrogen functional groups attached to an aromatic ring is 1. The lowest BCUT2D eigenvalue weighted by atomic mass is 10.2. The molecule has 2 N–H and O–H groups in total. The van der Waals surface area contributed by atoms with Crippen molar-refractivity contribution in [3.63, 3.8) is 0 Å². The van der Waals surface area contributed by atoms with Gasteiger partial charge in [0.25, 0.3) is 0 Å². The van der Waals surface area contributed by atoms with Gasteiger partial charge < -0.3 is 10.3 Å². The molecule has 0 saturated carbocycles. The minimum Gasteiger partial charge on any atom is -0.398 e. The van der Waals surface area contributed by atoms with E-state index in [4.69, 9.17) is 17.3 Å². The summed E-state index contributed by atoms with van der Waals surface area (Å²) in [6.07, 6.45) is 2.88. The summed E-state index contributed by atoms with van der Waals surface area (Å²) in [6.45, 7) is 2.75. The molecule has 5 heteroatoms. The molecule has 2 aromatic heterocycles. The molecule has 104 valence electrons. The number of halogens is 1. The number of aryl methyl sites for hydroxylation is 2. The lowest BCUT2D eigenvalue weighted by molar-refractivity contribution is 0.670. The highest BCUT2D eigenvalue weighted by atomic mass is 35.5. The van der Waals surface area contributed by atoms with Crippen molar-refractivity contribution >= 4 is 28.2 Å². The number of fused-ring (bicyclic) bond motifs is 1. The molecule has 3 rings (SSSR count). The lowest BCUT2D eigenvalue weighted by Crippen LogP contribution is -2.05. The predicted octanol–water partition coefficient (Wildman–Crippen LogP) is 3.22. The Balaban J connectivity index is 2.06. The van der Waals surface area contributed by atoms with Gasteiger partial charge in [-0.25, -0.2) is 0 Å². The monoisotopic (exact) mass is 288 g/mol. The molecule has 0 fully saturated rings. The van der Waals surface area contributed by atoms with E-state index in [0.717, 1.165) is 39.4 Å². The number of hydrogen-bond acceptors (Lipinski definition) is 2. The first kappa shape index (κ1) is 13.1. The molecule has 0 radical (unpaired) electrons. The summed E-state index contributed by atoms with van der Waals surface area (Å²) in [5.41, 5.74) is 9.86. The van der Waals surface area contributed by atoms with Crippen molar-refractivity contribution in [3.05, 3.63) is 46.9 Å². The zero-order valence-electron chi connectivity index (χ0n) is 11.6. The van der Waals surface area contributed by atoms with Gasteiger partial charge in [-0.2, -0.15) is 5.10 Å². The molecule has 0 spiro atoms. The SMILES string of the molecule is CCc1nn(C)c(Cn2ccc3c(N)cccc32)c1Cl. The molecule has 4 nitrogen and oxygen atoms in total. The largest absolute Gasteiger partial charge is 0.398 e. The maximum absolute atomic E-state index is 6.41. The van der Waals surface area contributed by atoms with Crippen molar-refractivity contribution in [2.24, 2.45) is 7.05 Å². The Bertz CT molecular complexity index is 770. The van der Waals surface area contributed by atoms with E-state index in [-0.39, 0.29) is 0 Å². The van der Waals surface area contributed by atoms with Gasteiger partial charge in [0.2, 0.25) is 0 Å². The molecule has 3 aromatic rings. The van der Waals surface area contributed by atoms with Crippen LogP contribution in [0.1, 0.15) is 18.3 Å². The number of aromatic nitrogens is 3. The van der Waals surface area contributed by atoms with Crippen LogP contribution in [0.4, 0.5) is 5.69 Å². The fourth-order valence-electron chi connectivity index (χ4n) is 2.54. The van der Waals surface area contributed by atoms with Gasteiger partial charge in [0.1, 0.15) is 0 Å². The Kier molecular flexibility index (Phi) is 3.18. The van der Waals surface area contributed by atoms with Crippen molar-refractivity contribution in [1.29, 1.82) is 0 Å². The predicted molar refractivity (Wildman–Crippen MR) is 83.0 cm³/mol. The molecule has 0 aliphatic carbocycles. The van der Waals surface area contributed by atoms with Gasteiger partial charge in [-0.1, -0.05) is 24.6 Å². The summed E-state index contributed by atoms with van der Waals surface area (Å²) in [5, 5.41) is 6.29. The Labute approximate surface area is 122 Å². The maximum atomic E-state index is 6.41. The van der Waals surface area contributed by atoms with E-state index in [2.05, 4.69) is 22.7 Å². The van der Waals surface area contributed by atoms with Gasteiger partial charge in [-0.15, -0.1) is 0 Å². The molecule has 2 heterocycles. The molecular formula is C15H17ClN4. The zero-order valence-corrected chi connectivity index (χ0v) is 12.4. The minimum absolute atomic E-state index is 0.690. The number of anilines is 1. The van der Waals surface area contributed by atoms with Crippen LogP contribution in [0.3, 0.4) is 0 Å². The third kappa shape index (κ3) is 1.96. The van der Waals surface area contributed by atoms with E-state index in [9.17, 15) is 0 Å². The van der Waals surface area contributed by atoms with Crippen LogP contribution >= 0.6 is 11.6 Å². The molecule has 0 atom stereocenters. The molecular weight excluding hydrogens is 272 g/mol. The maximum Gasteiger partial charge on any atom is 0.0868 e. The van der Waals surface area contributed by atoms with E-state index in [1.165, 1.54) is 0 Å². The molecule has 0 aliphatic heterocycles. The van der Waals surface area contributed by atoms with Crippen molar-refractivity contribution in [2.45, 2.75) is 19.9 Å². The summed E-state index contributed by atoms with van der Waals surface area (Å²) < 4.78 is 4.01. The topological polar surface area (TPSA) is 48.8 Å². The second kappa shape index (κ2) is 4.87. The van der Waals surface area contributed by atoms with Crippen molar-refractivity contribution in [2.75, 3.05) is 5.73 Å². The summed E-state index contributed by atoms with van der Waals surface area (Å²) in [6, 6.07) is 7.99. The van der Waals surface area contributed by atoms with Crippen LogP contribution < -0.4 is 5.73 Å². The molecule has 0 aliphatic rings. The van der Waals surface area contributed by atoms with Gasteiger partial charge >= 0.3 is 0 Å². The van der Waals surface area contributed by atoms with E-state index in [1.54, 1.807) is 0 Å². The van der Waals surface area contributed by atoms with Crippen molar-refractivity contribution in [3.8, 4) is 0 Å². The van der Waals surface area contributed by atoms with Gasteiger partial charge in [-0.05, 0) is 24.6 Å². The fraction of sp³-hybridized carbons (Fsp3) is 0.267. The third-order valence-corrected chi connectivity index (χ3v) is 4.11. The minimum atomic E-state index is 0.690. The number of nitrogens with two attached hydrogens (primary N) is 1. The second-order valence-corrected chi connectivity index (χ2v) is 5.29. The van der Waals surface area contributed by atoms with Crippen molar-refractivity contribution < 1.29 is 0 Å². The average Bonchev–Trinajstić information content (AvgIpc) is 2.96. The summed E-state index contributed by atoms with van der Waals surface area (Å²) >= 11 is 6.41. The van der Waals surface area contributed by atoms with Gasteiger partial charge in [0.05, 0.1) is 28.5 Å². The Hall–Kier alpha value is -1.94. The zero-order chi connectivity index (χ0) is 14.3. The van der Waals surface area contributed by atoms with Gasteiger partial charge in [0, 0.05) is 24.3 Å². The molecule has 0 amide bonds. The van der Waals surface area contributed by atoms with E-state index >= 15 is 0 Å². The first-order valence-electron chi connectivity index (χ1n) is 6.65. The highest BCUT2D eigenvalue weighted by Gasteiger charge is 2.14. The number of nitrogens with zero attached hydrogens (tertiary/aromatic N) is 3. The molecule has 0 unspecified atom stereocenters. The van der Waals surface area contributed by atoms with Crippen LogP contribution in [0, 0.1) is 0 Å². The summed E-state index contributed by atoms with van der Waals surface area (Å²) in [7, 11) is 1.93. The summed E-state index contributed by atoms with van der Waals surface area (Å²) in [4.78, 5) is 0. The fourth-order valence-corrected chi connectivity index (χ4v) is 2.89. The van der Waals surface area contributed by atoms with Crippen LogP contribution in [0.25, 0.3) is 10.9 Å². The van der Waals surface area contributed by atoms with Crippen LogP contribution in [-0.4, -0.2) is 14.3 Å². The number of hydrogen-bond donors (Lipinski definition) is 1. The Morgan fingerprint density at radius 2 is 2.10 bits per heavy atom. The number of rotatable bonds is 3. The number of benzene rings is 1. The van der Waals surface area contributed by atoms with E-state index in [1.807, 2.05) is 36.1 Å². The lowest BCUT2D eigenvalue weighted by Gasteiger charge is -2.07. The van der Waals surface area contributed by atoms with Crippen LogP contribution in [0.2, 0.25) is 5.02 Å². The van der Waals surface area contributed by atoms with E-state index < -0.39 is 0 Å². The van der Waals surface area contributed by atoms with Crippen LogP contribution in [0.5, 0.6) is 0 Å². The highest BCUT2D eigenvalue weighted by Crippen LogP contribution is 2.26. The Morgan fingerprint density at radius 1 is 1.30 bits per heavy atom. The first-order chi connectivity index (χ1) is 9.61. The van der Waals surface area contributed by atoms with Gasteiger partial charge in [0.15, 0.2) is 0 Å². The van der Waals surface area contributed by atoms with Crippen molar-refractivity contribution in [1.82, 2.24) is 14.3 Å². The Morgan fingerprint density at radius 3 is 2.80 bits per heavy atom. The normalized spacial score (nSPS) is 11.3. The molecule has 20 heavy (non-hydrogen) atoms. The third-order valence-electron chi connectivity index (χ3n) is 3.67. The van der Waals surface area contributed by atoms with E-state index in [0.29, 0.717) is 6.54 Å². The highest BCUT2D eigenvalue weighted by molar-refractivity contribution is 6.31. The van der Waals surface area contributed by atoms with Crippen LogP contribution in [-0.2, 0) is 20.0 Å². The molecule has 0 saturated heterocycles. The molecule has 0 bridgehead atoms. The second-order valence-electron chi connectivity index (χ2n) is 4.91. The van der Waals surface area contributed by atoms with Gasteiger partial charge in [-0.3, -0.25) is 4.68 Å². The summed E-state index contributed by atoms with van der Waals surface area (Å²) in [5.74, 6) is 0. The van der Waals surface area contributed by atoms with Crippen LogP contribution in [0.15, 0.2) is 30.5 Å². The average molecular weight is 289 g/mol. The quantitative estimate of drug-likeness (QED) is 0.752. The first-order valence-corrected chi connectivity index (χ1v) is 7.03. The standard InChI is InChI=1S/C15H17ClN4/c1-3-12-15(16)14(19(2)18-12)9-20-8-7-10-11(17)5-4-6-13(10)20/h4-8H,3,9,17H2,1-2H3. The molecule has 1 aromatic carbocycles.